The van der Waals surface area contributed by atoms with E-state index < -0.39 is 48.4 Å². The van der Waals surface area contributed by atoms with Crippen LogP contribution < -0.4 is 31.8 Å². The average Bonchev–Trinajstić information content (AvgIpc) is 3.21. The van der Waals surface area contributed by atoms with Crippen molar-refractivity contribution in [1.29, 1.82) is 0 Å². The summed E-state index contributed by atoms with van der Waals surface area (Å²) < 4.78 is -0.889. The molecule has 0 heterocycles. The zero-order valence-electron chi connectivity index (χ0n) is 37.3. The number of halogens is 2. The van der Waals surface area contributed by atoms with Crippen LogP contribution >= 0.6 is 43.6 Å². The summed E-state index contributed by atoms with van der Waals surface area (Å²) >= 11 is 8.80. The normalized spacial score (nSPS) is 12.6. The van der Waals surface area contributed by atoms with Gasteiger partial charge in [0.2, 0.25) is 0 Å². The first kappa shape index (κ1) is 53.3. The Balaban J connectivity index is 0.000000289. The third-order valence-corrected chi connectivity index (χ3v) is 62.7. The monoisotopic (exact) mass is 1020 g/mol. The molecular formula is C49H69Cl2OP3RhSi3. The van der Waals surface area contributed by atoms with E-state index in [-0.39, 0.29) is 19.5 Å². The van der Waals surface area contributed by atoms with Crippen molar-refractivity contribution in [3.05, 3.63) is 182 Å². The van der Waals surface area contributed by atoms with Gasteiger partial charge < -0.3 is 0 Å². The summed E-state index contributed by atoms with van der Waals surface area (Å²) in [5.74, 6) is 0. The zero-order valence-corrected chi connectivity index (χ0v) is 46.5. The summed E-state index contributed by atoms with van der Waals surface area (Å²) in [6.45, 7) is 25.6. The minimum absolute atomic E-state index is 0. The first-order chi connectivity index (χ1) is 27.1. The van der Waals surface area contributed by atoms with Gasteiger partial charge >= 0.3 is 341 Å². The van der Waals surface area contributed by atoms with E-state index in [0.717, 1.165) is 0 Å². The average molecular weight is 1030 g/mol. The SMILES string of the molecule is C[Si](C)(C)[PH](C)(c1ccccc1)c1ccccc1.C[Si](C)(C)[PH](C)(c1ccccc1)c1ccccc1.C[Si](C)(C)[PH](C)(c1ccccc1)c1ccccc1.O=C(Cl)Cl.[Rh]. The summed E-state index contributed by atoms with van der Waals surface area (Å²) in [5.41, 5.74) is 0. The maximum absolute atomic E-state index is 8.98. The van der Waals surface area contributed by atoms with E-state index in [1.807, 2.05) is 0 Å². The van der Waals surface area contributed by atoms with E-state index in [1.165, 1.54) is 0 Å². The fraction of sp³-hybridized carbons (Fsp3) is 0.245. The van der Waals surface area contributed by atoms with Crippen LogP contribution in [0, 0.1) is 0 Å². The molecule has 0 aromatic heterocycles. The van der Waals surface area contributed by atoms with Gasteiger partial charge in [0.25, 0.3) is 0 Å². The molecule has 0 spiro atoms. The quantitative estimate of drug-likeness (QED) is 0.0801. The minimum atomic E-state index is -1.56. The van der Waals surface area contributed by atoms with Crippen LogP contribution in [-0.2, 0) is 19.5 Å². The maximum atomic E-state index is 8.98. The molecule has 0 saturated heterocycles. The molecule has 6 aromatic carbocycles. The van der Waals surface area contributed by atoms with Gasteiger partial charge in [0.1, 0.15) is 0 Å². The van der Waals surface area contributed by atoms with E-state index in [4.69, 9.17) is 4.79 Å². The molecule has 321 valence electrons. The van der Waals surface area contributed by atoms with Gasteiger partial charge in [0, 0.05) is 19.5 Å². The second-order valence-corrected chi connectivity index (χ2v) is 65.6. The van der Waals surface area contributed by atoms with Gasteiger partial charge in [-0.15, -0.1) is 0 Å². The molecule has 0 fully saturated rings. The predicted molar refractivity (Wildman–Crippen MR) is 286 cm³/mol. The van der Waals surface area contributed by atoms with Crippen LogP contribution in [0.4, 0.5) is 4.79 Å². The minimum Gasteiger partial charge on any atom is -0.262 e. The first-order valence-corrected chi connectivity index (χ1v) is 42.1. The second-order valence-electron chi connectivity index (χ2n) is 18.5. The van der Waals surface area contributed by atoms with Crippen LogP contribution in [0.15, 0.2) is 182 Å². The first-order valence-electron chi connectivity index (χ1n) is 20.3. The molecule has 6 rings (SSSR count). The Hall–Kier alpha value is -1.87. The summed E-state index contributed by atoms with van der Waals surface area (Å²) in [4.78, 5) is 8.98. The molecule has 59 heavy (non-hydrogen) atoms. The summed E-state index contributed by atoms with van der Waals surface area (Å²) in [6, 6.07) is 66.9. The number of carbonyl (C=O) groups excluding carboxylic acids is 1. The Morgan fingerprint density at radius 3 is 0.508 bits per heavy atom. The molecule has 0 bridgehead atoms. The molecule has 1 nitrogen and oxygen atoms in total. The molecule has 0 unspecified atom stereocenters. The Labute approximate surface area is 385 Å². The molecule has 6 aromatic rings. The van der Waals surface area contributed by atoms with Crippen LogP contribution in [0.25, 0.3) is 0 Å². The molecular weight excluding hydrogens is 956 g/mol. The molecule has 10 heteroatoms. The number of carbonyl (C=O) groups is 1. The van der Waals surface area contributed by atoms with E-state index in [2.05, 4.69) is 284 Å². The summed E-state index contributed by atoms with van der Waals surface area (Å²) in [5, 5.41) is 9.47. The summed E-state index contributed by atoms with van der Waals surface area (Å²) in [6.07, 6.45) is 0. The maximum Gasteiger partial charge on any atom is 0.313 e. The van der Waals surface area contributed by atoms with Gasteiger partial charge in [-0.1, -0.05) is 0 Å². The molecule has 0 aliphatic heterocycles. The third kappa shape index (κ3) is 13.8. The van der Waals surface area contributed by atoms with Gasteiger partial charge in [-0.25, -0.2) is 0 Å². The molecule has 0 amide bonds. The van der Waals surface area contributed by atoms with Gasteiger partial charge in [-0.05, 0) is 23.2 Å². The molecule has 0 aliphatic rings. The number of hydrogen-bond acceptors (Lipinski definition) is 1. The molecule has 0 saturated carbocycles. The molecule has 0 N–H and O–H groups in total. The smallest absolute Gasteiger partial charge is 0.262 e. The van der Waals surface area contributed by atoms with Crippen molar-refractivity contribution in [1.82, 2.24) is 0 Å². The molecule has 0 atom stereocenters. The topological polar surface area (TPSA) is 17.1 Å². The molecule has 0 aliphatic carbocycles. The van der Waals surface area contributed by atoms with Crippen molar-refractivity contribution in [2.45, 2.75) is 58.9 Å². The third-order valence-electron chi connectivity index (χ3n) is 12.6. The number of hydrogen-bond donors (Lipinski definition) is 0. The van der Waals surface area contributed by atoms with Crippen molar-refractivity contribution in [2.75, 3.05) is 20.0 Å². The number of benzene rings is 6. The molecule has 1 radical (unpaired) electrons. The van der Waals surface area contributed by atoms with Gasteiger partial charge in [0.15, 0.2) is 0 Å². The van der Waals surface area contributed by atoms with Crippen LogP contribution in [-0.4, -0.2) is 47.9 Å². The Kier molecular flexibility index (Phi) is 21.3. The van der Waals surface area contributed by atoms with Crippen LogP contribution in [0.5, 0.6) is 0 Å². The van der Waals surface area contributed by atoms with Crippen molar-refractivity contribution < 1.29 is 24.3 Å². The van der Waals surface area contributed by atoms with Crippen molar-refractivity contribution in [2.24, 2.45) is 0 Å². The Bertz CT molecular complexity index is 1740. The van der Waals surface area contributed by atoms with Crippen LogP contribution in [0.3, 0.4) is 0 Å². The second kappa shape index (κ2) is 23.5. The van der Waals surface area contributed by atoms with Crippen molar-refractivity contribution >= 4 is 103 Å². The van der Waals surface area contributed by atoms with Crippen molar-refractivity contribution in [3.63, 3.8) is 0 Å². The number of rotatable bonds is 9. The predicted octanol–water partition coefficient (Wildman–Crippen LogP) is 13.1. The van der Waals surface area contributed by atoms with Gasteiger partial charge in [-0.3, -0.25) is 4.79 Å². The largest absolute Gasteiger partial charge is 0.313 e. The van der Waals surface area contributed by atoms with Gasteiger partial charge in [-0.2, -0.15) is 0 Å². The van der Waals surface area contributed by atoms with Crippen LogP contribution in [0.1, 0.15) is 0 Å². The van der Waals surface area contributed by atoms with Crippen molar-refractivity contribution in [3.8, 4) is 0 Å². The van der Waals surface area contributed by atoms with E-state index in [0.29, 0.717) is 0 Å². The fourth-order valence-electron chi connectivity index (χ4n) is 7.73. The Morgan fingerprint density at radius 2 is 0.424 bits per heavy atom. The Morgan fingerprint density at radius 1 is 0.322 bits per heavy atom. The van der Waals surface area contributed by atoms with E-state index in [9.17, 15) is 0 Å². The zero-order chi connectivity index (χ0) is 43.3. The van der Waals surface area contributed by atoms with E-state index in [1.54, 1.807) is 31.8 Å². The fourth-order valence-corrected chi connectivity index (χ4v) is 37.7. The van der Waals surface area contributed by atoms with E-state index >= 15 is 0 Å². The standard InChI is InChI=1S/3C16H23PSi.CCl2O.Rh/c3*1-17(18(2,3)4,15-11-7-5-8-12-15)16-13-9-6-10-14-16;2-1(3)4;/h3*5-14,17H,1-4H3;;. The van der Waals surface area contributed by atoms with Gasteiger partial charge in [0.05, 0.1) is 0 Å². The van der Waals surface area contributed by atoms with Crippen LogP contribution in [0.2, 0.25) is 58.9 Å². The summed E-state index contributed by atoms with van der Waals surface area (Å²) in [7, 11) is -3.76.